The molecule has 0 aliphatic heterocycles. The van der Waals surface area contributed by atoms with E-state index in [9.17, 15) is 14.4 Å². The number of carboxylic acid groups (broad SMARTS) is 1. The lowest BCUT2D eigenvalue weighted by molar-refractivity contribution is -0.134. The van der Waals surface area contributed by atoms with E-state index in [-0.39, 0.29) is 11.3 Å². The van der Waals surface area contributed by atoms with Gasteiger partial charge < -0.3 is 10.8 Å². The standard InChI is InChI=1S/C15H9NO4/c16-12-9-5-7-3-1-2-4-8(7)6-10(9)13(17)14(18)11(12)15(19)20/h1-6H,16H2,(H,19,20). The summed E-state index contributed by atoms with van der Waals surface area (Å²) in [4.78, 5) is 34.9. The van der Waals surface area contributed by atoms with Gasteiger partial charge in [-0.25, -0.2) is 4.79 Å². The van der Waals surface area contributed by atoms with Crippen LogP contribution in [0.15, 0.2) is 42.0 Å². The largest absolute Gasteiger partial charge is 0.477 e. The van der Waals surface area contributed by atoms with Gasteiger partial charge in [-0.1, -0.05) is 24.3 Å². The van der Waals surface area contributed by atoms with Gasteiger partial charge in [0.05, 0.1) is 5.70 Å². The molecule has 0 saturated carbocycles. The minimum Gasteiger partial charge on any atom is -0.477 e. The normalized spacial score (nSPS) is 14.6. The molecular weight excluding hydrogens is 258 g/mol. The SMILES string of the molecule is NC1=C(C(=O)O)C(=O)C(=O)c2cc3ccccc3cc21. The first-order chi connectivity index (χ1) is 9.50. The number of ketones is 2. The summed E-state index contributed by atoms with van der Waals surface area (Å²) in [6.07, 6.45) is 0. The van der Waals surface area contributed by atoms with Crippen molar-refractivity contribution in [2.24, 2.45) is 5.73 Å². The van der Waals surface area contributed by atoms with Crippen molar-refractivity contribution in [1.29, 1.82) is 0 Å². The van der Waals surface area contributed by atoms with Crippen LogP contribution in [-0.2, 0) is 9.59 Å². The Morgan fingerprint density at radius 3 is 2.05 bits per heavy atom. The van der Waals surface area contributed by atoms with Gasteiger partial charge in [0.25, 0.3) is 0 Å². The summed E-state index contributed by atoms with van der Waals surface area (Å²) in [6.45, 7) is 0. The molecule has 0 heterocycles. The number of carbonyl (C=O) groups is 3. The Balaban J connectivity index is 2.41. The summed E-state index contributed by atoms with van der Waals surface area (Å²) in [5.74, 6) is -3.39. The zero-order valence-electron chi connectivity index (χ0n) is 10.2. The zero-order chi connectivity index (χ0) is 14.4. The number of benzene rings is 2. The smallest absolute Gasteiger partial charge is 0.341 e. The first kappa shape index (κ1) is 12.1. The van der Waals surface area contributed by atoms with Gasteiger partial charge in [-0.3, -0.25) is 9.59 Å². The third-order valence-corrected chi connectivity index (χ3v) is 3.34. The maximum Gasteiger partial charge on any atom is 0.341 e. The van der Waals surface area contributed by atoms with Crippen LogP contribution < -0.4 is 5.73 Å². The fourth-order valence-corrected chi connectivity index (χ4v) is 2.36. The van der Waals surface area contributed by atoms with Crippen molar-refractivity contribution in [1.82, 2.24) is 0 Å². The van der Waals surface area contributed by atoms with Gasteiger partial charge in [0.1, 0.15) is 5.57 Å². The van der Waals surface area contributed by atoms with E-state index in [1.165, 1.54) is 0 Å². The van der Waals surface area contributed by atoms with E-state index in [4.69, 9.17) is 10.8 Å². The molecule has 0 saturated heterocycles. The highest BCUT2D eigenvalue weighted by atomic mass is 16.4. The molecule has 1 aliphatic rings. The van der Waals surface area contributed by atoms with Crippen LogP contribution in [0.5, 0.6) is 0 Å². The molecule has 0 atom stereocenters. The highest BCUT2D eigenvalue weighted by molar-refractivity contribution is 6.57. The molecule has 98 valence electrons. The van der Waals surface area contributed by atoms with Gasteiger partial charge in [0, 0.05) is 11.1 Å². The summed E-state index contributed by atoms with van der Waals surface area (Å²) < 4.78 is 0. The van der Waals surface area contributed by atoms with Gasteiger partial charge in [0.2, 0.25) is 11.6 Å². The molecule has 0 aromatic heterocycles. The summed E-state index contributed by atoms with van der Waals surface area (Å²) in [5.41, 5.74) is 5.39. The number of hydrogen-bond donors (Lipinski definition) is 2. The van der Waals surface area contributed by atoms with Gasteiger partial charge in [0.15, 0.2) is 0 Å². The lowest BCUT2D eigenvalue weighted by Gasteiger charge is -2.17. The average Bonchev–Trinajstić information content (AvgIpc) is 2.43. The fourth-order valence-electron chi connectivity index (χ4n) is 2.36. The predicted octanol–water partition coefficient (Wildman–Crippen LogP) is 1.36. The number of nitrogens with two attached hydrogens (primary N) is 1. The van der Waals surface area contributed by atoms with Crippen LogP contribution in [0.25, 0.3) is 16.5 Å². The van der Waals surface area contributed by atoms with Crippen LogP contribution in [0, 0.1) is 0 Å². The number of fused-ring (bicyclic) bond motifs is 2. The summed E-state index contributed by atoms with van der Waals surface area (Å²) in [7, 11) is 0. The number of carbonyl (C=O) groups excluding carboxylic acids is 2. The van der Waals surface area contributed by atoms with Crippen molar-refractivity contribution >= 4 is 34.0 Å². The molecule has 2 aromatic carbocycles. The Labute approximate surface area is 113 Å². The van der Waals surface area contributed by atoms with Crippen molar-refractivity contribution in [3.05, 3.63) is 53.1 Å². The predicted molar refractivity (Wildman–Crippen MR) is 72.0 cm³/mol. The number of carboxylic acids is 1. The van der Waals surface area contributed by atoms with E-state index < -0.39 is 23.1 Å². The Bertz CT molecular complexity index is 833. The number of hydrogen-bond acceptors (Lipinski definition) is 4. The van der Waals surface area contributed by atoms with Crippen molar-refractivity contribution in [2.45, 2.75) is 0 Å². The maximum absolute atomic E-state index is 12.0. The highest BCUT2D eigenvalue weighted by Crippen LogP contribution is 2.30. The monoisotopic (exact) mass is 267 g/mol. The zero-order valence-corrected chi connectivity index (χ0v) is 10.2. The maximum atomic E-state index is 12.0. The molecule has 0 bridgehead atoms. The molecule has 0 spiro atoms. The van der Waals surface area contributed by atoms with Crippen LogP contribution in [0.1, 0.15) is 15.9 Å². The Morgan fingerprint density at radius 1 is 0.950 bits per heavy atom. The van der Waals surface area contributed by atoms with Crippen molar-refractivity contribution in [3.8, 4) is 0 Å². The second-order valence-electron chi connectivity index (χ2n) is 4.50. The van der Waals surface area contributed by atoms with Gasteiger partial charge >= 0.3 is 5.97 Å². The van der Waals surface area contributed by atoms with E-state index in [0.717, 1.165) is 10.8 Å². The number of Topliss-reactive ketones (excluding diaryl/α,β-unsaturated/α-hetero) is 2. The van der Waals surface area contributed by atoms with Gasteiger partial charge in [-0.05, 0) is 22.9 Å². The Hall–Kier alpha value is -2.95. The molecule has 0 unspecified atom stereocenters. The Morgan fingerprint density at radius 2 is 1.50 bits per heavy atom. The quantitative estimate of drug-likeness (QED) is 0.600. The first-order valence-corrected chi connectivity index (χ1v) is 5.86. The molecule has 3 N–H and O–H groups in total. The van der Waals surface area contributed by atoms with E-state index in [1.807, 2.05) is 18.2 Å². The summed E-state index contributed by atoms with van der Waals surface area (Å²) in [6, 6.07) is 10.5. The molecule has 3 rings (SSSR count). The van der Waals surface area contributed by atoms with Crippen LogP contribution in [0.4, 0.5) is 0 Å². The molecule has 1 aliphatic carbocycles. The van der Waals surface area contributed by atoms with Crippen LogP contribution in [0.3, 0.4) is 0 Å². The number of aliphatic carboxylic acids is 1. The Kier molecular flexibility index (Phi) is 2.44. The third-order valence-electron chi connectivity index (χ3n) is 3.34. The summed E-state index contributed by atoms with van der Waals surface area (Å²) >= 11 is 0. The highest BCUT2D eigenvalue weighted by Gasteiger charge is 2.35. The van der Waals surface area contributed by atoms with Crippen molar-refractivity contribution < 1.29 is 19.5 Å². The molecule has 0 fully saturated rings. The summed E-state index contributed by atoms with van der Waals surface area (Å²) in [5, 5.41) is 10.6. The molecule has 5 nitrogen and oxygen atoms in total. The number of rotatable bonds is 1. The molecule has 5 heteroatoms. The molecule has 0 radical (unpaired) electrons. The van der Waals surface area contributed by atoms with Gasteiger partial charge in [-0.15, -0.1) is 0 Å². The van der Waals surface area contributed by atoms with Crippen LogP contribution in [-0.4, -0.2) is 22.6 Å². The van der Waals surface area contributed by atoms with E-state index in [1.54, 1.807) is 18.2 Å². The lowest BCUT2D eigenvalue weighted by atomic mass is 9.86. The first-order valence-electron chi connectivity index (χ1n) is 5.86. The molecule has 2 aromatic rings. The van der Waals surface area contributed by atoms with Crippen molar-refractivity contribution in [3.63, 3.8) is 0 Å². The van der Waals surface area contributed by atoms with Crippen LogP contribution in [0.2, 0.25) is 0 Å². The van der Waals surface area contributed by atoms with Gasteiger partial charge in [-0.2, -0.15) is 0 Å². The second-order valence-corrected chi connectivity index (χ2v) is 4.50. The third kappa shape index (κ3) is 1.53. The van der Waals surface area contributed by atoms with E-state index >= 15 is 0 Å². The van der Waals surface area contributed by atoms with E-state index in [2.05, 4.69) is 0 Å². The fraction of sp³-hybridized carbons (Fsp3) is 0. The van der Waals surface area contributed by atoms with Crippen molar-refractivity contribution in [2.75, 3.05) is 0 Å². The van der Waals surface area contributed by atoms with Crippen LogP contribution >= 0.6 is 0 Å². The topological polar surface area (TPSA) is 97.5 Å². The second kappa shape index (κ2) is 4.03. The van der Waals surface area contributed by atoms with E-state index in [0.29, 0.717) is 5.56 Å². The average molecular weight is 267 g/mol. The lowest BCUT2D eigenvalue weighted by Crippen LogP contribution is -2.30. The molecular formula is C15H9NO4. The minimum absolute atomic E-state index is 0.149. The minimum atomic E-state index is -1.49. The molecule has 0 amide bonds. The molecule has 20 heavy (non-hydrogen) atoms.